The van der Waals surface area contributed by atoms with E-state index in [0.717, 1.165) is 13.8 Å². The van der Waals surface area contributed by atoms with E-state index in [2.05, 4.69) is 5.32 Å². The molecule has 0 unspecified atom stereocenters. The van der Waals surface area contributed by atoms with Crippen molar-refractivity contribution in [2.24, 2.45) is 0 Å². The molecule has 1 amide bonds. The Kier molecular flexibility index (Phi) is 15.2. The number of nitrogens with one attached hydrogen (secondary N) is 1. The van der Waals surface area contributed by atoms with Crippen LogP contribution in [0.3, 0.4) is 0 Å². The summed E-state index contributed by atoms with van der Waals surface area (Å²) >= 11 is 0. The highest BCUT2D eigenvalue weighted by Gasteiger charge is 2.59. The molecule has 7 heterocycles. The molecule has 0 aliphatic carbocycles. The van der Waals surface area contributed by atoms with Crippen LogP contribution in [0.25, 0.3) is 0 Å². The van der Waals surface area contributed by atoms with Gasteiger partial charge in [-0.15, -0.1) is 0 Å². The third-order valence-electron chi connectivity index (χ3n) is 11.1. The normalized spacial score (nSPS) is 51.2. The predicted octanol–water partition coefficient (Wildman–Crippen LogP) is -8.11. The van der Waals surface area contributed by atoms with Gasteiger partial charge in [-0.2, -0.15) is 0 Å². The van der Waals surface area contributed by atoms with Gasteiger partial charge in [-0.1, -0.05) is 0 Å². The number of carbonyl (C=O) groups excluding carboxylic acids is 2. The van der Waals surface area contributed by atoms with Gasteiger partial charge < -0.3 is 114 Å². The van der Waals surface area contributed by atoms with Gasteiger partial charge in [-0.3, -0.25) is 9.59 Å². The van der Waals surface area contributed by atoms with Gasteiger partial charge in [-0.25, -0.2) is 0 Å². The monoisotopic (exact) mass is 861 g/mol. The molecule has 59 heavy (non-hydrogen) atoms. The van der Waals surface area contributed by atoms with Crippen molar-refractivity contribution in [2.45, 2.75) is 181 Å². The first-order valence-electron chi connectivity index (χ1n) is 19.2. The van der Waals surface area contributed by atoms with E-state index in [-0.39, 0.29) is 0 Å². The van der Waals surface area contributed by atoms with Crippen molar-refractivity contribution in [1.82, 2.24) is 5.32 Å². The zero-order valence-electron chi connectivity index (χ0n) is 32.3. The van der Waals surface area contributed by atoms with Crippen molar-refractivity contribution in [3.63, 3.8) is 0 Å². The first-order valence-corrected chi connectivity index (χ1v) is 19.2. The minimum Gasteiger partial charge on any atom is -0.454 e. The van der Waals surface area contributed by atoms with Gasteiger partial charge in [0.25, 0.3) is 0 Å². The molecular formula is C34H55NO24. The number of aliphatic hydroxyl groups excluding tert-OH is 11. The number of aliphatic hydroxyl groups is 11. The molecule has 0 saturated carbocycles. The lowest BCUT2D eigenvalue weighted by Crippen LogP contribution is -2.69. The fraction of sp³-hybridized carbons (Fsp3) is 0.941. The van der Waals surface area contributed by atoms with Gasteiger partial charge >= 0.3 is 5.97 Å². The van der Waals surface area contributed by atoms with Crippen molar-refractivity contribution >= 4 is 11.9 Å². The Morgan fingerprint density at radius 3 is 1.69 bits per heavy atom. The Bertz CT molecular complexity index is 1420. The number of hydrogen-bond donors (Lipinski definition) is 12. The van der Waals surface area contributed by atoms with Crippen LogP contribution in [-0.2, 0) is 61.7 Å². The van der Waals surface area contributed by atoms with Crippen LogP contribution >= 0.6 is 0 Å². The third-order valence-corrected chi connectivity index (χ3v) is 11.1. The fourth-order valence-corrected chi connectivity index (χ4v) is 8.00. The number of fused-ring (bicyclic) bond motifs is 2. The van der Waals surface area contributed by atoms with Crippen LogP contribution in [0.2, 0.25) is 0 Å². The number of carbonyl (C=O) groups is 2. The number of esters is 1. The van der Waals surface area contributed by atoms with Crippen LogP contribution in [0.1, 0.15) is 27.7 Å². The first-order chi connectivity index (χ1) is 27.9. The zero-order valence-corrected chi connectivity index (χ0v) is 32.3. The molecule has 340 valence electrons. The maximum atomic E-state index is 12.7. The standard InChI is InChI=1S/C34H55NO24/c1-8-16(42)19(45)27-32(49-8)56-25-15(35-10(3)39)30(52-13(6-37)18(25)44)58-28-22(48)23(12(41)5-36)54-33(28)57-26-17(43)9(2)50-34(29(26)51-11(4)40)55-24-14(7-38)53-31(59-27)21(47)20(24)46/h8-9,12-34,36-38,41-48H,5-7H2,1-4H3,(H,35,39)/t8-,9-,12+,13+,14+,15+,16-,17-,18+,19+,20+,21+,22-,23-,24+,25+,26+,27+,28+,29+,30-,31+,32-,33+,34-/m0/s1. The van der Waals surface area contributed by atoms with Crippen LogP contribution in [0.5, 0.6) is 0 Å². The number of amides is 1. The van der Waals surface area contributed by atoms with Crippen LogP contribution in [-0.4, -0.2) is 241 Å². The molecule has 25 heteroatoms. The van der Waals surface area contributed by atoms with Gasteiger partial charge in [0.15, 0.2) is 37.6 Å². The molecule has 7 saturated heterocycles. The lowest BCUT2D eigenvalue weighted by molar-refractivity contribution is -0.390. The highest BCUT2D eigenvalue weighted by atomic mass is 16.8. The Hall–Kier alpha value is -1.90. The summed E-state index contributed by atoms with van der Waals surface area (Å²) in [7, 11) is 0. The van der Waals surface area contributed by atoms with Gasteiger partial charge in [0.2, 0.25) is 5.91 Å². The van der Waals surface area contributed by atoms with Gasteiger partial charge in [0.1, 0.15) is 104 Å². The predicted molar refractivity (Wildman–Crippen MR) is 181 cm³/mol. The number of ether oxygens (including phenoxy) is 11. The summed E-state index contributed by atoms with van der Waals surface area (Å²) in [6.45, 7) is 2.03. The molecular weight excluding hydrogens is 806 g/mol. The lowest BCUT2D eigenvalue weighted by atomic mass is 9.95. The molecule has 0 aromatic heterocycles. The average Bonchev–Trinajstić information content (AvgIpc) is 3.49. The lowest BCUT2D eigenvalue weighted by Gasteiger charge is -2.49. The molecule has 0 radical (unpaired) electrons. The highest BCUT2D eigenvalue weighted by molar-refractivity contribution is 5.73. The Morgan fingerprint density at radius 2 is 1.07 bits per heavy atom. The summed E-state index contributed by atoms with van der Waals surface area (Å²) in [6, 6.07) is -1.62. The van der Waals surface area contributed by atoms with Gasteiger partial charge in [-0.05, 0) is 13.8 Å². The summed E-state index contributed by atoms with van der Waals surface area (Å²) in [4.78, 5) is 25.2. The molecule has 0 aromatic carbocycles. The van der Waals surface area contributed by atoms with Crippen molar-refractivity contribution in [1.29, 1.82) is 0 Å². The van der Waals surface area contributed by atoms with Crippen molar-refractivity contribution in [3.05, 3.63) is 0 Å². The van der Waals surface area contributed by atoms with Crippen molar-refractivity contribution in [3.8, 4) is 0 Å². The highest BCUT2D eigenvalue weighted by Crippen LogP contribution is 2.39. The fourth-order valence-electron chi connectivity index (χ4n) is 8.00. The minimum absolute atomic E-state index is 0.758. The Morgan fingerprint density at radius 1 is 0.542 bits per heavy atom. The van der Waals surface area contributed by atoms with Gasteiger partial charge in [0.05, 0.1) is 32.0 Å². The Labute approximate surface area is 336 Å². The van der Waals surface area contributed by atoms with Crippen LogP contribution in [0.15, 0.2) is 0 Å². The van der Waals surface area contributed by atoms with Crippen LogP contribution in [0, 0.1) is 0 Å². The first kappa shape index (κ1) is 46.6. The molecule has 7 rings (SSSR count). The van der Waals surface area contributed by atoms with E-state index in [1.165, 1.54) is 13.8 Å². The molecule has 7 fully saturated rings. The molecule has 0 spiro atoms. The maximum absolute atomic E-state index is 12.7. The van der Waals surface area contributed by atoms with Crippen LogP contribution < -0.4 is 5.32 Å². The summed E-state index contributed by atoms with van der Waals surface area (Å²) in [5.74, 6) is -1.72. The maximum Gasteiger partial charge on any atom is 0.303 e. The quantitative estimate of drug-likeness (QED) is 0.110. The second kappa shape index (κ2) is 19.2. The largest absolute Gasteiger partial charge is 0.454 e. The second-order valence-corrected chi connectivity index (χ2v) is 15.3. The number of hydrogen-bond acceptors (Lipinski definition) is 24. The zero-order chi connectivity index (χ0) is 43.2. The smallest absolute Gasteiger partial charge is 0.303 e. The molecule has 12 N–H and O–H groups in total. The SMILES string of the molecule is CC(=O)N[C@H]1[C@@H]2O[C@H]3[C@@H](O[C@@H]4[C@@H](O)[C@H](C)O[C@@H](O[C@H]5[C@H](O)[C@@H](O)[C@@H](O[C@H]6[C@H](O[C@H]1[C@H](O)[C@@H](CO)O2)O[C@@H](C)[C@H](O)[C@H]6O)O[C@@H]5CO)[C@@H]4OC(C)=O)O[C@@H]([C@H](O)CO)[C@@H]3O. The van der Waals surface area contributed by atoms with E-state index in [1.54, 1.807) is 0 Å². The van der Waals surface area contributed by atoms with E-state index < -0.39 is 185 Å². The molecule has 25 nitrogen and oxygen atoms in total. The third kappa shape index (κ3) is 9.41. The van der Waals surface area contributed by atoms with Crippen molar-refractivity contribution < 1.29 is 118 Å². The van der Waals surface area contributed by atoms with E-state index in [0.29, 0.717) is 0 Å². The van der Waals surface area contributed by atoms with E-state index in [1.807, 2.05) is 0 Å². The average molecular weight is 862 g/mol. The second-order valence-electron chi connectivity index (χ2n) is 15.3. The number of rotatable bonds is 6. The summed E-state index contributed by atoms with van der Waals surface area (Å²) in [5, 5.41) is 123. The molecule has 25 atom stereocenters. The molecule has 6 bridgehead atoms. The minimum atomic E-state index is -2.07. The molecule has 0 aromatic rings. The van der Waals surface area contributed by atoms with E-state index in [4.69, 9.17) is 52.1 Å². The summed E-state index contributed by atoms with van der Waals surface area (Å²) in [6.07, 6.45) is -42.0. The summed E-state index contributed by atoms with van der Waals surface area (Å²) in [5.41, 5.74) is 0. The van der Waals surface area contributed by atoms with E-state index >= 15 is 0 Å². The molecule has 7 aliphatic rings. The molecule has 7 aliphatic heterocycles. The summed E-state index contributed by atoms with van der Waals surface area (Å²) < 4.78 is 65.2. The van der Waals surface area contributed by atoms with Crippen molar-refractivity contribution in [2.75, 3.05) is 19.8 Å². The Balaban J connectivity index is 1.49. The van der Waals surface area contributed by atoms with E-state index in [9.17, 15) is 65.8 Å². The topological polar surface area (TPSA) is 370 Å². The van der Waals surface area contributed by atoms with Crippen LogP contribution in [0.4, 0.5) is 0 Å². The van der Waals surface area contributed by atoms with Gasteiger partial charge in [0, 0.05) is 13.8 Å².